The van der Waals surface area contributed by atoms with Gasteiger partial charge in [0.2, 0.25) is 0 Å². The Bertz CT molecular complexity index is 1040. The molecular formula is C27H36BrN3O5. The molecular weight excluding hydrogens is 526 g/mol. The summed E-state index contributed by atoms with van der Waals surface area (Å²) in [6.45, 7) is 10.7. The van der Waals surface area contributed by atoms with Crippen LogP contribution < -0.4 is 25.0 Å². The topological polar surface area (TPSA) is 98.2 Å². The average Bonchev–Trinajstić information content (AvgIpc) is 2.82. The fourth-order valence-corrected chi connectivity index (χ4v) is 3.89. The van der Waals surface area contributed by atoms with Crippen LogP contribution in [0.15, 0.2) is 46.0 Å². The van der Waals surface area contributed by atoms with Gasteiger partial charge in [-0.15, -0.1) is 0 Å². The van der Waals surface area contributed by atoms with Crippen molar-refractivity contribution in [3.8, 4) is 17.2 Å². The molecule has 36 heavy (non-hydrogen) atoms. The van der Waals surface area contributed by atoms with Gasteiger partial charge in [0.05, 0.1) is 23.9 Å². The van der Waals surface area contributed by atoms with Crippen LogP contribution >= 0.6 is 15.9 Å². The maximum Gasteiger partial charge on any atom is 0.262 e. The maximum absolute atomic E-state index is 12.8. The van der Waals surface area contributed by atoms with Gasteiger partial charge in [0.25, 0.3) is 11.8 Å². The van der Waals surface area contributed by atoms with Gasteiger partial charge < -0.3 is 19.5 Å². The molecule has 0 unspecified atom stereocenters. The highest BCUT2D eigenvalue weighted by atomic mass is 79.9. The molecule has 0 aromatic heterocycles. The summed E-state index contributed by atoms with van der Waals surface area (Å²) in [6.07, 6.45) is 2.85. The van der Waals surface area contributed by atoms with Crippen LogP contribution in [0.1, 0.15) is 51.7 Å². The lowest BCUT2D eigenvalue weighted by Gasteiger charge is -2.19. The summed E-state index contributed by atoms with van der Waals surface area (Å²) in [7, 11) is 0. The fraction of sp³-hybridized carbons (Fsp3) is 0.444. The van der Waals surface area contributed by atoms with E-state index < -0.39 is 11.9 Å². The molecule has 2 N–H and O–H groups in total. The first-order valence-corrected chi connectivity index (χ1v) is 12.9. The zero-order chi connectivity index (χ0) is 26.5. The zero-order valence-corrected chi connectivity index (χ0v) is 23.2. The minimum atomic E-state index is -0.745. The number of hydrogen-bond acceptors (Lipinski definition) is 6. The van der Waals surface area contributed by atoms with Crippen molar-refractivity contribution in [2.24, 2.45) is 11.0 Å². The number of hydrogen-bond donors (Lipinski definition) is 2. The van der Waals surface area contributed by atoms with Gasteiger partial charge in [-0.3, -0.25) is 9.59 Å². The van der Waals surface area contributed by atoms with Crippen LogP contribution in [0.5, 0.6) is 17.2 Å². The number of hydrazone groups is 1. The van der Waals surface area contributed by atoms with Crippen molar-refractivity contribution in [1.82, 2.24) is 10.7 Å². The molecule has 2 rings (SSSR count). The van der Waals surface area contributed by atoms with Crippen LogP contribution in [0.4, 0.5) is 0 Å². The average molecular weight is 563 g/mol. The molecule has 0 spiro atoms. The van der Waals surface area contributed by atoms with Crippen molar-refractivity contribution in [2.75, 3.05) is 19.8 Å². The van der Waals surface area contributed by atoms with Gasteiger partial charge in [-0.2, -0.15) is 5.10 Å². The molecule has 0 saturated heterocycles. The van der Waals surface area contributed by atoms with Crippen molar-refractivity contribution in [3.05, 3.63) is 52.0 Å². The van der Waals surface area contributed by atoms with E-state index in [0.717, 1.165) is 16.5 Å². The largest absolute Gasteiger partial charge is 0.490 e. The number of nitrogens with zero attached hydrogens (tertiary/aromatic N) is 1. The Balaban J connectivity index is 2.03. The highest BCUT2D eigenvalue weighted by molar-refractivity contribution is 9.10. The number of aryl methyl sites for hydroxylation is 1. The van der Waals surface area contributed by atoms with Crippen molar-refractivity contribution in [3.63, 3.8) is 0 Å². The fourth-order valence-electron chi connectivity index (χ4n) is 3.32. The van der Waals surface area contributed by atoms with Crippen molar-refractivity contribution in [2.45, 2.75) is 53.5 Å². The Morgan fingerprint density at radius 3 is 2.50 bits per heavy atom. The summed E-state index contributed by atoms with van der Waals surface area (Å²) < 4.78 is 17.8. The number of para-hydroxylation sites is 1. The Hall–Kier alpha value is -3.07. The lowest BCUT2D eigenvalue weighted by Crippen LogP contribution is -2.47. The molecule has 0 bridgehead atoms. The van der Waals surface area contributed by atoms with Gasteiger partial charge in [-0.1, -0.05) is 39.0 Å². The molecule has 8 nitrogen and oxygen atoms in total. The molecule has 0 radical (unpaired) electrons. The first-order valence-electron chi connectivity index (χ1n) is 12.1. The van der Waals surface area contributed by atoms with Crippen LogP contribution in [-0.4, -0.2) is 43.9 Å². The van der Waals surface area contributed by atoms with Crippen molar-refractivity contribution in [1.29, 1.82) is 0 Å². The number of benzene rings is 2. The standard InChI is InChI=1S/C27H36BrN3O5/c1-6-12-35-26-21(28)14-20(15-24(26)34-7-2)16-29-31-27(33)22(13-18(3)4)30-25(32)17-36-23-11-9-8-10-19(23)5/h8-11,14-16,18,22H,6-7,12-13,17H2,1-5H3,(H,30,32)(H,31,33)/b29-16-/t22-/m0/s1. The molecule has 0 saturated carbocycles. The number of halogens is 1. The predicted octanol–water partition coefficient (Wildman–Crippen LogP) is 5.01. The predicted molar refractivity (Wildman–Crippen MR) is 145 cm³/mol. The number of carbonyl (C=O) groups is 2. The third kappa shape index (κ3) is 9.53. The second-order valence-electron chi connectivity index (χ2n) is 8.65. The molecule has 196 valence electrons. The van der Waals surface area contributed by atoms with E-state index in [2.05, 4.69) is 31.8 Å². The Morgan fingerprint density at radius 2 is 1.83 bits per heavy atom. The van der Waals surface area contributed by atoms with Crippen LogP contribution in [0.2, 0.25) is 0 Å². The smallest absolute Gasteiger partial charge is 0.262 e. The number of carbonyl (C=O) groups excluding carboxylic acids is 2. The molecule has 2 amide bonds. The zero-order valence-electron chi connectivity index (χ0n) is 21.6. The van der Waals surface area contributed by atoms with Gasteiger partial charge in [0.1, 0.15) is 11.8 Å². The lowest BCUT2D eigenvalue weighted by atomic mass is 10.0. The van der Waals surface area contributed by atoms with Gasteiger partial charge in [-0.05, 0) is 77.9 Å². The molecule has 0 heterocycles. The monoisotopic (exact) mass is 561 g/mol. The van der Waals surface area contributed by atoms with E-state index in [1.807, 2.05) is 58.9 Å². The number of amides is 2. The van der Waals surface area contributed by atoms with E-state index in [0.29, 0.717) is 42.4 Å². The summed E-state index contributed by atoms with van der Waals surface area (Å²) in [5.41, 5.74) is 4.18. The van der Waals surface area contributed by atoms with Crippen LogP contribution in [0, 0.1) is 12.8 Å². The Morgan fingerprint density at radius 1 is 1.08 bits per heavy atom. The second kappa shape index (κ2) is 15.1. The van der Waals surface area contributed by atoms with Crippen LogP contribution in [-0.2, 0) is 9.59 Å². The minimum absolute atomic E-state index is 0.183. The minimum Gasteiger partial charge on any atom is -0.490 e. The number of rotatable bonds is 14. The van der Waals surface area contributed by atoms with E-state index >= 15 is 0 Å². The summed E-state index contributed by atoms with van der Waals surface area (Å²) in [4.78, 5) is 25.3. The maximum atomic E-state index is 12.8. The van der Waals surface area contributed by atoms with Gasteiger partial charge in [-0.25, -0.2) is 5.43 Å². The molecule has 0 fully saturated rings. The Kier molecular flexibility index (Phi) is 12.3. The first-order chi connectivity index (χ1) is 17.2. The molecule has 2 aromatic carbocycles. The van der Waals surface area contributed by atoms with Crippen LogP contribution in [0.25, 0.3) is 0 Å². The molecule has 2 aromatic rings. The molecule has 1 atom stereocenters. The normalized spacial score (nSPS) is 11.9. The summed E-state index contributed by atoms with van der Waals surface area (Å²) in [6, 6.07) is 10.3. The number of nitrogens with one attached hydrogen (secondary N) is 2. The molecule has 9 heteroatoms. The molecule has 0 aliphatic rings. The summed E-state index contributed by atoms with van der Waals surface area (Å²) in [5.74, 6) is 1.25. The van der Waals surface area contributed by atoms with E-state index in [1.165, 1.54) is 6.21 Å². The van der Waals surface area contributed by atoms with E-state index in [4.69, 9.17) is 14.2 Å². The molecule has 0 aliphatic heterocycles. The van der Waals surface area contributed by atoms with Crippen molar-refractivity contribution >= 4 is 34.0 Å². The van der Waals surface area contributed by atoms with Gasteiger partial charge in [0.15, 0.2) is 18.1 Å². The third-order valence-electron chi connectivity index (χ3n) is 4.98. The first kappa shape index (κ1) is 29.2. The third-order valence-corrected chi connectivity index (χ3v) is 5.57. The lowest BCUT2D eigenvalue weighted by molar-refractivity contribution is -0.130. The quantitative estimate of drug-likeness (QED) is 0.249. The number of ether oxygens (including phenoxy) is 3. The van der Waals surface area contributed by atoms with E-state index in [-0.39, 0.29) is 18.4 Å². The van der Waals surface area contributed by atoms with Crippen LogP contribution in [0.3, 0.4) is 0 Å². The van der Waals surface area contributed by atoms with E-state index in [1.54, 1.807) is 12.1 Å². The SMILES string of the molecule is CCCOc1c(Br)cc(/C=N\NC(=O)[C@H](CC(C)C)NC(=O)COc2ccccc2C)cc1OCC. The summed E-state index contributed by atoms with van der Waals surface area (Å²) >= 11 is 3.52. The molecule has 0 aliphatic carbocycles. The summed E-state index contributed by atoms with van der Waals surface area (Å²) in [5, 5.41) is 6.85. The highest BCUT2D eigenvalue weighted by Crippen LogP contribution is 2.36. The Labute approximate surface area is 221 Å². The van der Waals surface area contributed by atoms with E-state index in [9.17, 15) is 9.59 Å². The van der Waals surface area contributed by atoms with Gasteiger partial charge >= 0.3 is 0 Å². The second-order valence-corrected chi connectivity index (χ2v) is 9.50. The van der Waals surface area contributed by atoms with Gasteiger partial charge in [0, 0.05) is 0 Å². The highest BCUT2D eigenvalue weighted by Gasteiger charge is 2.22. The van der Waals surface area contributed by atoms with Crippen molar-refractivity contribution < 1.29 is 23.8 Å².